The minimum absolute atomic E-state index is 0.0503. The normalized spacial score (nSPS) is 28.1. The molecule has 0 aliphatic heterocycles. The van der Waals surface area contributed by atoms with Gasteiger partial charge in [0.1, 0.15) is 5.82 Å². The van der Waals surface area contributed by atoms with Crippen molar-refractivity contribution >= 4 is 10.0 Å². The van der Waals surface area contributed by atoms with Crippen LogP contribution in [0.3, 0.4) is 0 Å². The van der Waals surface area contributed by atoms with Gasteiger partial charge in [-0.2, -0.15) is 0 Å². The molecule has 1 aromatic heterocycles. The molecule has 4 N–H and O–H groups in total. The lowest BCUT2D eigenvalue weighted by Crippen LogP contribution is -2.64. The van der Waals surface area contributed by atoms with E-state index >= 15 is 0 Å². The Morgan fingerprint density at radius 1 is 1.67 bits per heavy atom. The predicted molar refractivity (Wildman–Crippen MR) is 65.4 cm³/mol. The average Bonchev–Trinajstić information content (AvgIpc) is 2.74. The smallest absolute Gasteiger partial charge is 0.258 e. The maximum absolute atomic E-state index is 12.1. The highest BCUT2D eigenvalue weighted by molar-refractivity contribution is 7.89. The van der Waals surface area contributed by atoms with Crippen molar-refractivity contribution < 1.29 is 13.2 Å². The second-order valence-corrected chi connectivity index (χ2v) is 6.06. The van der Waals surface area contributed by atoms with Gasteiger partial charge in [-0.1, -0.05) is 0 Å². The molecule has 0 bridgehead atoms. The predicted octanol–water partition coefficient (Wildman–Crippen LogP) is -0.499. The van der Waals surface area contributed by atoms with Crippen molar-refractivity contribution in [2.24, 2.45) is 5.73 Å². The van der Waals surface area contributed by atoms with Crippen LogP contribution >= 0.6 is 0 Å². The van der Waals surface area contributed by atoms with Gasteiger partial charge < -0.3 is 15.5 Å². The molecule has 7 nitrogen and oxygen atoms in total. The Morgan fingerprint density at radius 2 is 2.39 bits per heavy atom. The molecule has 0 radical (unpaired) electrons. The molecule has 3 atom stereocenters. The third-order valence-corrected chi connectivity index (χ3v) is 4.38. The van der Waals surface area contributed by atoms with Gasteiger partial charge in [0.05, 0.1) is 18.3 Å². The minimum atomic E-state index is -3.61. The van der Waals surface area contributed by atoms with Crippen molar-refractivity contribution in [3.63, 3.8) is 0 Å². The fourth-order valence-electron chi connectivity index (χ4n) is 1.97. The van der Waals surface area contributed by atoms with Crippen molar-refractivity contribution in [2.45, 2.75) is 43.5 Å². The van der Waals surface area contributed by atoms with E-state index in [1.165, 1.54) is 6.20 Å². The zero-order chi connectivity index (χ0) is 13.3. The Morgan fingerprint density at radius 3 is 2.89 bits per heavy atom. The number of rotatable bonds is 5. The summed E-state index contributed by atoms with van der Waals surface area (Å²) in [4.78, 5) is 6.56. The van der Waals surface area contributed by atoms with Crippen LogP contribution in [0.2, 0.25) is 0 Å². The topological polar surface area (TPSA) is 110 Å². The number of aromatic amines is 1. The number of hydrogen-bond acceptors (Lipinski definition) is 5. The molecule has 1 aliphatic carbocycles. The van der Waals surface area contributed by atoms with Gasteiger partial charge in [0.25, 0.3) is 10.0 Å². The summed E-state index contributed by atoms with van der Waals surface area (Å²) in [5.41, 5.74) is 5.80. The van der Waals surface area contributed by atoms with Crippen LogP contribution in [0, 0.1) is 6.92 Å². The zero-order valence-electron chi connectivity index (χ0n) is 10.4. The van der Waals surface area contributed by atoms with Crippen molar-refractivity contribution in [1.29, 1.82) is 0 Å². The van der Waals surface area contributed by atoms with Crippen molar-refractivity contribution in [3.05, 3.63) is 12.0 Å². The molecule has 0 aromatic carbocycles. The van der Waals surface area contributed by atoms with E-state index in [9.17, 15) is 8.42 Å². The number of nitrogens with zero attached hydrogens (tertiary/aromatic N) is 1. The molecule has 1 aromatic rings. The first-order valence-electron chi connectivity index (χ1n) is 5.85. The minimum Gasteiger partial charge on any atom is -0.377 e. The van der Waals surface area contributed by atoms with Gasteiger partial charge in [-0.05, 0) is 20.3 Å². The summed E-state index contributed by atoms with van der Waals surface area (Å²) in [6.07, 6.45) is 1.81. The fourth-order valence-corrected chi connectivity index (χ4v) is 3.25. The van der Waals surface area contributed by atoms with Crippen LogP contribution < -0.4 is 10.5 Å². The molecule has 18 heavy (non-hydrogen) atoms. The first kappa shape index (κ1) is 13.5. The van der Waals surface area contributed by atoms with Gasteiger partial charge in [-0.25, -0.2) is 18.1 Å². The highest BCUT2D eigenvalue weighted by Crippen LogP contribution is 2.24. The third-order valence-electron chi connectivity index (χ3n) is 3.01. The second-order valence-electron chi connectivity index (χ2n) is 4.37. The van der Waals surface area contributed by atoms with E-state index in [1.54, 1.807) is 6.92 Å². The third kappa shape index (κ3) is 2.56. The van der Waals surface area contributed by atoms with Crippen LogP contribution in [0.15, 0.2) is 11.2 Å². The summed E-state index contributed by atoms with van der Waals surface area (Å²) < 4.78 is 32.1. The molecule has 102 valence electrons. The van der Waals surface area contributed by atoms with Crippen LogP contribution in [0.1, 0.15) is 19.2 Å². The van der Waals surface area contributed by atoms with E-state index in [4.69, 9.17) is 10.5 Å². The lowest BCUT2D eigenvalue weighted by atomic mass is 9.84. The molecule has 0 saturated heterocycles. The number of ether oxygens (including phenoxy) is 1. The van der Waals surface area contributed by atoms with Gasteiger partial charge in [0, 0.05) is 12.6 Å². The van der Waals surface area contributed by atoms with Crippen LogP contribution in [-0.4, -0.2) is 43.2 Å². The first-order valence-corrected chi connectivity index (χ1v) is 7.33. The lowest BCUT2D eigenvalue weighted by Gasteiger charge is -2.41. The van der Waals surface area contributed by atoms with Crippen molar-refractivity contribution in [2.75, 3.05) is 6.61 Å². The van der Waals surface area contributed by atoms with Crippen LogP contribution in [-0.2, 0) is 14.8 Å². The van der Waals surface area contributed by atoms with Crippen molar-refractivity contribution in [3.8, 4) is 0 Å². The molecule has 1 heterocycles. The summed E-state index contributed by atoms with van der Waals surface area (Å²) in [7, 11) is -3.61. The lowest BCUT2D eigenvalue weighted by molar-refractivity contribution is -0.0248. The summed E-state index contributed by atoms with van der Waals surface area (Å²) in [5, 5.41) is 0.0503. The van der Waals surface area contributed by atoms with Gasteiger partial charge in [0.15, 0.2) is 5.03 Å². The number of sulfonamides is 1. The first-order chi connectivity index (χ1) is 8.44. The number of H-pyrrole nitrogens is 1. The number of hydrogen-bond donors (Lipinski definition) is 3. The summed E-state index contributed by atoms with van der Waals surface area (Å²) >= 11 is 0. The van der Waals surface area contributed by atoms with Gasteiger partial charge >= 0.3 is 0 Å². The molecule has 3 unspecified atom stereocenters. The van der Waals surface area contributed by atoms with E-state index < -0.39 is 10.0 Å². The van der Waals surface area contributed by atoms with Gasteiger partial charge in [-0.3, -0.25) is 0 Å². The Labute approximate surface area is 106 Å². The number of nitrogens with one attached hydrogen (secondary N) is 2. The summed E-state index contributed by atoms with van der Waals surface area (Å²) in [5.74, 6) is 0.551. The average molecular weight is 274 g/mol. The van der Waals surface area contributed by atoms with Gasteiger partial charge in [0.2, 0.25) is 0 Å². The summed E-state index contributed by atoms with van der Waals surface area (Å²) in [6.45, 7) is 4.10. The van der Waals surface area contributed by atoms with Crippen molar-refractivity contribution in [1.82, 2.24) is 14.7 Å². The molecule has 8 heteroatoms. The standard InChI is InChI=1S/C10H18N4O3S/c1-3-17-8-4-7(11)10(8)14-18(15,16)9-5-12-6(2)13-9/h5,7-8,10,14H,3-4,11H2,1-2H3,(H,12,13). The Kier molecular flexibility index (Phi) is 3.71. The summed E-state index contributed by atoms with van der Waals surface area (Å²) in [6, 6.07) is -0.584. The van der Waals surface area contributed by atoms with E-state index in [0.717, 1.165) is 0 Å². The van der Waals surface area contributed by atoms with E-state index in [-0.39, 0.29) is 23.2 Å². The Bertz CT molecular complexity index is 511. The number of imidazole rings is 1. The van der Waals surface area contributed by atoms with Crippen LogP contribution in [0.25, 0.3) is 0 Å². The number of aryl methyl sites for hydroxylation is 1. The van der Waals surface area contributed by atoms with E-state index in [0.29, 0.717) is 18.9 Å². The number of nitrogens with two attached hydrogens (primary N) is 1. The zero-order valence-corrected chi connectivity index (χ0v) is 11.2. The van der Waals surface area contributed by atoms with Gasteiger partial charge in [-0.15, -0.1) is 0 Å². The van der Waals surface area contributed by atoms with E-state index in [1.807, 2.05) is 6.92 Å². The van der Waals surface area contributed by atoms with Crippen LogP contribution in [0.5, 0.6) is 0 Å². The maximum Gasteiger partial charge on any atom is 0.258 e. The molecule has 1 fully saturated rings. The Balaban J connectivity index is 2.08. The molecule has 1 aliphatic rings. The fraction of sp³-hybridized carbons (Fsp3) is 0.700. The largest absolute Gasteiger partial charge is 0.377 e. The quantitative estimate of drug-likeness (QED) is 0.670. The molecular weight excluding hydrogens is 256 g/mol. The van der Waals surface area contributed by atoms with Crippen LogP contribution in [0.4, 0.5) is 0 Å². The molecule has 1 saturated carbocycles. The monoisotopic (exact) mass is 274 g/mol. The highest BCUT2D eigenvalue weighted by atomic mass is 32.2. The number of aromatic nitrogens is 2. The second kappa shape index (κ2) is 4.96. The molecule has 0 spiro atoms. The molecular formula is C10H18N4O3S. The SMILES string of the molecule is CCOC1CC(N)C1NS(=O)(=O)c1cnc(C)[nH]1. The Hall–Kier alpha value is -0.960. The molecule has 2 rings (SSSR count). The maximum atomic E-state index is 12.1. The van der Waals surface area contributed by atoms with E-state index in [2.05, 4.69) is 14.7 Å². The molecule has 0 amide bonds. The highest BCUT2D eigenvalue weighted by Gasteiger charge is 2.42.